The van der Waals surface area contributed by atoms with Gasteiger partial charge in [-0.15, -0.1) is 0 Å². The highest BCUT2D eigenvalue weighted by molar-refractivity contribution is 5.90. The number of aryl methyl sites for hydroxylation is 1. The summed E-state index contributed by atoms with van der Waals surface area (Å²) < 4.78 is 1.48. The van der Waals surface area contributed by atoms with Crippen LogP contribution in [0.25, 0.3) is 0 Å². The second-order valence-electron chi connectivity index (χ2n) is 4.32. The van der Waals surface area contributed by atoms with Crippen molar-refractivity contribution in [2.45, 2.75) is 34.2 Å². The summed E-state index contributed by atoms with van der Waals surface area (Å²) in [5.41, 5.74) is 2.15. The van der Waals surface area contributed by atoms with Crippen LogP contribution in [0.15, 0.2) is 22.5 Å². The Morgan fingerprint density at radius 1 is 1.41 bits per heavy atom. The van der Waals surface area contributed by atoms with Crippen LogP contribution in [0.2, 0.25) is 0 Å². The fourth-order valence-electron chi connectivity index (χ4n) is 1.75. The highest BCUT2D eigenvalue weighted by Crippen LogP contribution is 2.11. The molecule has 0 unspecified atom stereocenters. The Morgan fingerprint density at radius 2 is 2.00 bits per heavy atom. The number of aromatic carboxylic acids is 1. The number of carbonyl (C=O) groups is 1. The van der Waals surface area contributed by atoms with Crippen molar-refractivity contribution in [2.24, 2.45) is 0 Å². The molecule has 0 atom stereocenters. The van der Waals surface area contributed by atoms with Crippen LogP contribution >= 0.6 is 0 Å². The molecule has 0 aliphatic heterocycles. The Labute approximate surface area is 100 Å². The maximum atomic E-state index is 11.8. The SMILES string of the molecule is CC(C)=CCn1c(C)c(C(=O)O)c(C)cc1=O. The van der Waals surface area contributed by atoms with Gasteiger partial charge in [0.05, 0.1) is 5.56 Å². The fraction of sp³-hybridized carbons (Fsp3) is 0.385. The molecule has 4 heteroatoms. The Kier molecular flexibility index (Phi) is 3.89. The molecule has 0 saturated carbocycles. The summed E-state index contributed by atoms with van der Waals surface area (Å²) in [6, 6.07) is 1.37. The van der Waals surface area contributed by atoms with E-state index in [1.807, 2.05) is 19.9 Å². The molecule has 0 aliphatic rings. The fourth-order valence-corrected chi connectivity index (χ4v) is 1.75. The maximum Gasteiger partial charge on any atom is 0.337 e. The molecule has 1 aromatic rings. The third kappa shape index (κ3) is 2.84. The van der Waals surface area contributed by atoms with Crippen molar-refractivity contribution in [3.05, 3.63) is 44.9 Å². The summed E-state index contributed by atoms with van der Waals surface area (Å²) in [7, 11) is 0. The summed E-state index contributed by atoms with van der Waals surface area (Å²) in [5, 5.41) is 9.11. The van der Waals surface area contributed by atoms with E-state index in [4.69, 9.17) is 5.11 Å². The summed E-state index contributed by atoms with van der Waals surface area (Å²) in [5.74, 6) is -0.994. The topological polar surface area (TPSA) is 59.3 Å². The van der Waals surface area contributed by atoms with E-state index in [0.717, 1.165) is 5.57 Å². The Morgan fingerprint density at radius 3 is 2.47 bits per heavy atom. The first-order chi connectivity index (χ1) is 7.84. The number of carboxylic acid groups (broad SMARTS) is 1. The van der Waals surface area contributed by atoms with E-state index in [-0.39, 0.29) is 11.1 Å². The lowest BCUT2D eigenvalue weighted by molar-refractivity contribution is 0.0694. The van der Waals surface area contributed by atoms with E-state index in [2.05, 4.69) is 0 Å². The van der Waals surface area contributed by atoms with Crippen molar-refractivity contribution >= 4 is 5.97 Å². The van der Waals surface area contributed by atoms with Gasteiger partial charge in [-0.3, -0.25) is 4.79 Å². The van der Waals surface area contributed by atoms with E-state index < -0.39 is 5.97 Å². The first kappa shape index (κ1) is 13.2. The molecule has 0 saturated heterocycles. The standard InChI is InChI=1S/C13H17NO3/c1-8(2)5-6-14-10(4)12(13(16)17)9(3)7-11(14)15/h5,7H,6H2,1-4H3,(H,16,17). The minimum absolute atomic E-state index is 0.164. The van der Waals surface area contributed by atoms with Crippen molar-refractivity contribution in [1.29, 1.82) is 0 Å². The lowest BCUT2D eigenvalue weighted by Gasteiger charge is -2.12. The second-order valence-corrected chi connectivity index (χ2v) is 4.32. The van der Waals surface area contributed by atoms with Crippen LogP contribution in [0.3, 0.4) is 0 Å². The number of hydrogen-bond donors (Lipinski definition) is 1. The van der Waals surface area contributed by atoms with E-state index in [1.54, 1.807) is 13.8 Å². The van der Waals surface area contributed by atoms with E-state index in [0.29, 0.717) is 17.8 Å². The van der Waals surface area contributed by atoms with Gasteiger partial charge in [-0.1, -0.05) is 11.6 Å². The molecule has 0 spiro atoms. The van der Waals surface area contributed by atoms with Crippen LogP contribution in [-0.4, -0.2) is 15.6 Å². The van der Waals surface area contributed by atoms with Gasteiger partial charge in [-0.05, 0) is 33.3 Å². The van der Waals surface area contributed by atoms with Crippen molar-refractivity contribution in [3.8, 4) is 0 Å². The van der Waals surface area contributed by atoms with Gasteiger partial charge in [0, 0.05) is 18.3 Å². The molecule has 1 rings (SSSR count). The molecular formula is C13H17NO3. The summed E-state index contributed by atoms with van der Waals surface area (Å²) in [6.07, 6.45) is 1.90. The zero-order chi connectivity index (χ0) is 13.2. The molecule has 0 aromatic carbocycles. The second kappa shape index (κ2) is 4.99. The van der Waals surface area contributed by atoms with Crippen molar-refractivity contribution in [1.82, 2.24) is 4.57 Å². The quantitative estimate of drug-likeness (QED) is 0.816. The average molecular weight is 235 g/mol. The minimum Gasteiger partial charge on any atom is -0.478 e. The highest BCUT2D eigenvalue weighted by atomic mass is 16.4. The number of carboxylic acids is 1. The molecule has 0 fully saturated rings. The predicted octanol–water partition coefficient (Wildman–Crippen LogP) is 2.13. The normalized spacial score (nSPS) is 10.1. The molecule has 0 radical (unpaired) electrons. The van der Waals surface area contributed by atoms with E-state index in [9.17, 15) is 9.59 Å². The monoisotopic (exact) mass is 235 g/mol. The molecule has 0 amide bonds. The van der Waals surface area contributed by atoms with Crippen LogP contribution in [0.5, 0.6) is 0 Å². The number of aromatic nitrogens is 1. The third-order valence-corrected chi connectivity index (χ3v) is 2.66. The number of pyridine rings is 1. The molecule has 4 nitrogen and oxygen atoms in total. The van der Waals surface area contributed by atoms with Crippen LogP contribution in [-0.2, 0) is 6.54 Å². The lowest BCUT2D eigenvalue weighted by Crippen LogP contribution is -2.25. The Hall–Kier alpha value is -1.84. The van der Waals surface area contributed by atoms with Gasteiger partial charge < -0.3 is 9.67 Å². The largest absolute Gasteiger partial charge is 0.478 e. The first-order valence-electron chi connectivity index (χ1n) is 5.42. The molecule has 0 bridgehead atoms. The third-order valence-electron chi connectivity index (χ3n) is 2.66. The van der Waals surface area contributed by atoms with Crippen molar-refractivity contribution in [2.75, 3.05) is 0 Å². The summed E-state index contributed by atoms with van der Waals surface area (Å²) >= 11 is 0. The van der Waals surface area contributed by atoms with Crippen molar-refractivity contribution in [3.63, 3.8) is 0 Å². The van der Waals surface area contributed by atoms with E-state index in [1.165, 1.54) is 10.6 Å². The van der Waals surface area contributed by atoms with Gasteiger partial charge in [0.25, 0.3) is 5.56 Å². The van der Waals surface area contributed by atoms with Gasteiger partial charge in [0.15, 0.2) is 0 Å². The molecule has 1 aromatic heterocycles. The first-order valence-corrected chi connectivity index (χ1v) is 5.42. The Balaban J connectivity index is 3.41. The summed E-state index contributed by atoms with van der Waals surface area (Å²) in [6.45, 7) is 7.59. The molecular weight excluding hydrogens is 218 g/mol. The van der Waals surface area contributed by atoms with Crippen LogP contribution in [0.4, 0.5) is 0 Å². The molecule has 1 N–H and O–H groups in total. The van der Waals surface area contributed by atoms with Gasteiger partial charge in [-0.25, -0.2) is 4.79 Å². The smallest absolute Gasteiger partial charge is 0.337 e. The maximum absolute atomic E-state index is 11.8. The van der Waals surface area contributed by atoms with Crippen LogP contribution in [0, 0.1) is 13.8 Å². The number of nitrogens with zero attached hydrogens (tertiary/aromatic N) is 1. The zero-order valence-corrected chi connectivity index (χ0v) is 10.6. The van der Waals surface area contributed by atoms with Gasteiger partial charge in [-0.2, -0.15) is 0 Å². The number of allylic oxidation sites excluding steroid dienone is 2. The van der Waals surface area contributed by atoms with Crippen LogP contribution < -0.4 is 5.56 Å². The molecule has 1 heterocycles. The lowest BCUT2D eigenvalue weighted by atomic mass is 10.1. The van der Waals surface area contributed by atoms with Gasteiger partial charge in [0.2, 0.25) is 0 Å². The van der Waals surface area contributed by atoms with E-state index >= 15 is 0 Å². The highest BCUT2D eigenvalue weighted by Gasteiger charge is 2.14. The Bertz CT molecular complexity index is 534. The molecule has 17 heavy (non-hydrogen) atoms. The number of hydrogen-bond acceptors (Lipinski definition) is 2. The average Bonchev–Trinajstić information content (AvgIpc) is 2.14. The zero-order valence-electron chi connectivity index (χ0n) is 10.6. The van der Waals surface area contributed by atoms with Crippen LogP contribution in [0.1, 0.15) is 35.5 Å². The van der Waals surface area contributed by atoms with Gasteiger partial charge >= 0.3 is 5.97 Å². The summed E-state index contributed by atoms with van der Waals surface area (Å²) in [4.78, 5) is 22.9. The van der Waals surface area contributed by atoms with Crippen molar-refractivity contribution < 1.29 is 9.90 Å². The predicted molar refractivity (Wildman–Crippen MR) is 66.6 cm³/mol. The van der Waals surface area contributed by atoms with Gasteiger partial charge in [0.1, 0.15) is 0 Å². The minimum atomic E-state index is -0.994. The number of rotatable bonds is 3. The molecule has 0 aliphatic carbocycles. The molecule has 92 valence electrons.